The smallest absolute Gasteiger partial charge is 0.462 e. The Kier molecular flexibility index (Phi) is 71.7. The second-order valence-electron chi connectivity index (χ2n) is 32.6. The molecule has 2 aliphatic heterocycles. The molecule has 2 unspecified atom stereocenters. The molecule has 0 aromatic rings. The maximum atomic E-state index is 12.4. The van der Waals surface area contributed by atoms with Gasteiger partial charge in [0.15, 0.2) is 48.1 Å². The van der Waals surface area contributed by atoms with Crippen molar-refractivity contribution in [1.29, 1.82) is 0 Å². The Balaban J connectivity index is -0.000000205. The van der Waals surface area contributed by atoms with Crippen LogP contribution in [0.3, 0.4) is 0 Å². The van der Waals surface area contributed by atoms with Gasteiger partial charge in [-0.1, -0.05) is 141 Å². The molecule has 668 valence electrons. The van der Waals surface area contributed by atoms with Crippen molar-refractivity contribution >= 4 is 133 Å². The van der Waals surface area contributed by atoms with Crippen molar-refractivity contribution in [1.82, 2.24) is 0 Å². The maximum absolute atomic E-state index is 12.4. The first-order valence-electron chi connectivity index (χ1n) is 38.1. The standard InChI is InChI=1S/C23H47FO7Si4.C18H38O6Si4.C10H20O3Si.C8H18Si.C7H16Si.C5H9FO.CHF3O3S.2FH.Pt/c1-20(2)22(25)13-18-32(5,6)29-34(9,10)31-35(11,17-12-15-27-16-14-24)30-33(7,8)28-19-23(26)21(3)4;1-15(2)17(19)12-13-26(6,7)24-28(10,11)23-25(5)22-27(8,9)21-14-18(20)16(3)4;1-9(2)10(11)13-7-5-6-8-14(3,4)12;1-9(2)7-5-3-4-6-8-9;1-8-6-4-2-3-5-7-8;1-2-4-7-5-3-6;2-1(3,4)8(5,6)7;;;/h1,3,12-19H2,2,4-11H3;25H,1,3,12-14H2,2,4-11H3;12H,1,5-8H2,2-4H3;3-8H2,1-2H3;8H,2-7H2,1H3;2H,1,3-5H2;(H,5,6,7);2*1H;. The second kappa shape index (κ2) is 63.6. The number of esters is 1. The van der Waals surface area contributed by atoms with Gasteiger partial charge in [-0.3, -0.25) is 33.1 Å². The van der Waals surface area contributed by atoms with Crippen LogP contribution in [-0.4, -0.2) is 206 Å². The summed E-state index contributed by atoms with van der Waals surface area (Å²) in [6, 6.07) is 9.32. The van der Waals surface area contributed by atoms with Crippen molar-refractivity contribution in [2.45, 2.75) is 296 Å². The molecule has 0 spiro atoms. The van der Waals surface area contributed by atoms with Crippen LogP contribution in [0.15, 0.2) is 73.4 Å². The summed E-state index contributed by atoms with van der Waals surface area (Å²) >= 11 is 0. The van der Waals surface area contributed by atoms with Gasteiger partial charge in [0.25, 0.3) is 0 Å². The van der Waals surface area contributed by atoms with Gasteiger partial charge in [0, 0.05) is 63.0 Å². The number of ether oxygens (including phenoxy) is 3. The number of rotatable bonds is 44. The van der Waals surface area contributed by atoms with Crippen LogP contribution in [0.1, 0.15) is 118 Å². The Labute approximate surface area is 699 Å². The van der Waals surface area contributed by atoms with Gasteiger partial charge >= 0.3 is 73.7 Å². The van der Waals surface area contributed by atoms with Gasteiger partial charge in [-0.25, -0.2) is 13.6 Å². The van der Waals surface area contributed by atoms with Gasteiger partial charge in [-0.2, -0.15) is 21.6 Å². The summed E-state index contributed by atoms with van der Waals surface area (Å²) in [5.74, 6) is -0.461. The van der Waals surface area contributed by atoms with Gasteiger partial charge in [0.2, 0.25) is 0 Å². The first-order chi connectivity index (χ1) is 49.4. The van der Waals surface area contributed by atoms with Crippen molar-refractivity contribution in [2.75, 3.05) is 59.6 Å². The largest absolute Gasteiger partial charge is 0.522 e. The minimum atomic E-state index is -5.84. The molecular weight excluding hydrogens is 1850 g/mol. The fraction of sp³-hybridized carbons (Fsp3) is 0.764. The third kappa shape index (κ3) is 78.5. The molecule has 0 amide bonds. The number of hydrogen-bond donors (Lipinski definition) is 2. The summed E-state index contributed by atoms with van der Waals surface area (Å²) in [7, 11) is -27.9. The van der Waals surface area contributed by atoms with Crippen molar-refractivity contribution < 1.29 is 142 Å². The Bertz CT molecular complexity index is 2830. The molecular formula is C72H151F7O20PtSSi11. The molecule has 2 fully saturated rings. The summed E-state index contributed by atoms with van der Waals surface area (Å²) in [6.07, 6.45) is 17.1. The molecule has 2 rings (SSSR count). The number of alkyl halides is 5. The molecule has 40 heteroatoms. The predicted octanol–water partition coefficient (Wildman–Crippen LogP) is 19.6. The predicted molar refractivity (Wildman–Crippen MR) is 468 cm³/mol. The van der Waals surface area contributed by atoms with Gasteiger partial charge in [0.05, 0.1) is 39.6 Å². The molecule has 20 nitrogen and oxygen atoms in total. The zero-order valence-electron chi connectivity index (χ0n) is 72.9. The first-order valence-corrected chi connectivity index (χ1v) is 71.0. The zero-order chi connectivity index (χ0) is 86.1. The summed E-state index contributed by atoms with van der Waals surface area (Å²) in [6.45, 7) is 69.9. The summed E-state index contributed by atoms with van der Waals surface area (Å²) in [5.41, 5.74) is -3.04. The second-order valence-corrected chi connectivity index (χ2v) is 75.7. The Hall–Kier alpha value is -1.36. The fourth-order valence-corrected chi connectivity index (χ4v) is 49.8. The van der Waals surface area contributed by atoms with Crippen molar-refractivity contribution in [2.24, 2.45) is 0 Å². The molecule has 0 bridgehead atoms. The monoisotopic (exact) mass is 2000 g/mol. The van der Waals surface area contributed by atoms with E-state index in [1.54, 1.807) is 77.7 Å². The Morgan fingerprint density at radius 2 is 0.902 bits per heavy atom. The quantitative estimate of drug-likeness (QED) is 0.00839. The Morgan fingerprint density at radius 1 is 0.527 bits per heavy atom. The molecule has 2 aliphatic rings. The average molecular weight is 2010 g/mol. The third-order valence-corrected chi connectivity index (χ3v) is 53.2. The number of carbonyl (C=O) groups is 5. The first kappa shape index (κ1) is 126. The molecule has 2 saturated heterocycles. The van der Waals surface area contributed by atoms with Crippen LogP contribution in [0.2, 0.25) is 173 Å². The van der Waals surface area contributed by atoms with Crippen LogP contribution in [0.5, 0.6) is 0 Å². The van der Waals surface area contributed by atoms with E-state index in [-0.39, 0.29) is 94.8 Å². The van der Waals surface area contributed by atoms with Crippen molar-refractivity contribution in [3.63, 3.8) is 0 Å². The number of hydrogen-bond acceptors (Lipinski definition) is 19. The molecule has 0 aromatic heterocycles. The number of Topliss-reactive ketones (excluding diaryl/α,β-unsaturated/α-hetero) is 4. The number of allylic oxidation sites excluding steroid dienone is 2. The summed E-state index contributed by atoms with van der Waals surface area (Å²) in [5, 5.41) is 0. The average Bonchev–Trinajstić information content (AvgIpc) is 0.871. The molecule has 0 aromatic carbocycles. The maximum Gasteiger partial charge on any atom is 0.522 e. The van der Waals surface area contributed by atoms with Crippen LogP contribution in [0, 0.1) is 0 Å². The molecule has 0 radical (unpaired) electrons. The normalized spacial score (nSPS) is 14.9. The molecule has 112 heavy (non-hydrogen) atoms. The fourth-order valence-electron chi connectivity index (χ4n) is 10.5. The van der Waals surface area contributed by atoms with E-state index in [0.717, 1.165) is 24.9 Å². The van der Waals surface area contributed by atoms with Crippen LogP contribution in [0.25, 0.3) is 0 Å². The minimum Gasteiger partial charge on any atom is -0.462 e. The van der Waals surface area contributed by atoms with E-state index in [1.807, 2.05) is 78.6 Å². The molecule has 0 aliphatic carbocycles. The van der Waals surface area contributed by atoms with E-state index in [9.17, 15) is 50.7 Å². The van der Waals surface area contributed by atoms with E-state index in [1.165, 1.54) is 38.5 Å². The molecule has 2 atom stereocenters. The molecule has 2 N–H and O–H groups in total. The molecule has 2 heterocycles. The van der Waals surface area contributed by atoms with Crippen LogP contribution in [0.4, 0.5) is 31.4 Å². The number of carbonyl (C=O) groups excluding carboxylic acids is 5. The minimum absolute atomic E-state index is 0. The van der Waals surface area contributed by atoms with E-state index < -0.39 is 114 Å². The van der Waals surface area contributed by atoms with Gasteiger partial charge in [-0.15, -0.1) is 6.58 Å². The van der Waals surface area contributed by atoms with Gasteiger partial charge in [0.1, 0.15) is 13.3 Å². The summed E-state index contributed by atoms with van der Waals surface area (Å²) < 4.78 is 146. The summed E-state index contributed by atoms with van der Waals surface area (Å²) in [4.78, 5) is 68.1. The van der Waals surface area contributed by atoms with Crippen molar-refractivity contribution in [3.8, 4) is 0 Å². The number of ketones is 4. The van der Waals surface area contributed by atoms with Crippen LogP contribution in [-0.2, 0) is 103 Å². The zero-order valence-corrected chi connectivity index (χ0v) is 87.3. The SMILES string of the molecule is C=C(C)C(=O)CC[Si](C)(C)O[Si](C)(C)O[SiH](C)O[Si](C)(C)OCC(=O)C(=C)C.C=C(C)C(=O)CC[Si](C)(C)O[Si](C)(C)O[Si](C)(CCCOCCF)O[Si](C)(C)OCC(=O)C(=C)C.C=C(C)C(=O)OCCCC[Si](C)(C)O.C=CCOCCF.C[SiH]1CCCCCC1.C[Si]1(C)CCCCCC1.F.F.O=S(=O)(O)C(F)(F)F.[Pt]. The van der Waals surface area contributed by atoms with Crippen molar-refractivity contribution in [3.05, 3.63) is 73.4 Å². The third-order valence-electron chi connectivity index (χ3n) is 16.0. The van der Waals surface area contributed by atoms with E-state index in [4.69, 9.17) is 56.0 Å². The Morgan fingerprint density at radius 3 is 1.28 bits per heavy atom. The van der Waals surface area contributed by atoms with Crippen LogP contribution >= 0.6 is 0 Å². The van der Waals surface area contributed by atoms with Gasteiger partial charge in [-0.05, 0) is 199 Å². The number of unbranched alkanes of at least 4 members (excludes halogenated alkanes) is 1. The van der Waals surface area contributed by atoms with Crippen LogP contribution < -0.4 is 0 Å². The molecule has 0 saturated carbocycles. The van der Waals surface area contributed by atoms with Gasteiger partial charge < -0.3 is 52.5 Å². The topological polar surface area (TPSA) is 261 Å². The van der Waals surface area contributed by atoms with E-state index in [2.05, 4.69) is 90.0 Å². The van der Waals surface area contributed by atoms with E-state index in [0.29, 0.717) is 79.0 Å². The number of halogens is 7. The van der Waals surface area contributed by atoms with E-state index >= 15 is 0 Å².